The molecule has 3 aliphatic heterocycles. The number of esters is 1. The van der Waals surface area contributed by atoms with Gasteiger partial charge in [-0.25, -0.2) is 63.1 Å². The zero-order valence-electron chi connectivity index (χ0n) is 54.0. The number of hydrogen-bond donors (Lipinski definition) is 9. The molecule has 0 amide bonds. The molecule has 546 valence electrons. The Balaban J connectivity index is 0.837. The molecule has 16 atom stereocenters. The number of imidazole rings is 3. The van der Waals surface area contributed by atoms with Crippen LogP contribution in [0, 0.1) is 0 Å². The van der Waals surface area contributed by atoms with Gasteiger partial charge in [0.05, 0.1) is 52.0 Å². The molecule has 0 spiro atoms. The molecule has 6 aromatic rings. The summed E-state index contributed by atoms with van der Waals surface area (Å²) in [4.78, 5) is 94.5. The Morgan fingerprint density at radius 3 is 1.34 bits per heavy atom. The minimum Gasteiger partial charge on any atom is -0.465 e. The minimum absolute atomic E-state index is 0.0222. The van der Waals surface area contributed by atoms with E-state index in [-0.39, 0.29) is 69.7 Å². The van der Waals surface area contributed by atoms with E-state index in [1.54, 1.807) is 0 Å². The van der Waals surface area contributed by atoms with E-state index in [2.05, 4.69) is 51.8 Å². The number of methoxy groups -OCH3 is 2. The SMILES string of the molecule is CCCCCCCCCCCCCCCCCC(=O)OCCSP(=O)(O)OC1C(OC)[C@@H](COP(=O)(O)OC2C(O)[C@@H](COP(=O)(O)OC3C(OC)[C@@H](COP(=O)(O)OCCO)O[C@H]3n3cnc4c(N)ncnc43)O[C@H]2n2cnc3c(N)ncnc32)O[C@H]1n1cnc2c(N)ncnc21. The molecule has 0 aliphatic carbocycles. The van der Waals surface area contributed by atoms with Crippen molar-refractivity contribution in [2.75, 3.05) is 76.8 Å². The van der Waals surface area contributed by atoms with Gasteiger partial charge in [0.1, 0.15) is 97.1 Å². The summed E-state index contributed by atoms with van der Waals surface area (Å²) in [5.41, 5.74) is 18.5. The second-order valence-electron chi connectivity index (χ2n) is 23.1. The Kier molecular flexibility index (Phi) is 28.2. The highest BCUT2D eigenvalue weighted by molar-refractivity contribution is 8.54. The first-order chi connectivity index (χ1) is 47.0. The van der Waals surface area contributed by atoms with Crippen molar-refractivity contribution < 1.29 is 113 Å². The fourth-order valence-corrected chi connectivity index (χ4v) is 16.5. The number of nitrogens with two attached hydrogens (primary N) is 3. The van der Waals surface area contributed by atoms with E-state index in [0.717, 1.165) is 62.7 Å². The average molecular weight is 1480 g/mol. The number of unbranched alkanes of at least 4 members (excludes halogenated alkanes) is 14. The Morgan fingerprint density at radius 2 is 0.898 bits per heavy atom. The summed E-state index contributed by atoms with van der Waals surface area (Å²) < 4.78 is 132. The van der Waals surface area contributed by atoms with Gasteiger partial charge in [0.25, 0.3) is 0 Å². The number of phosphoric acid groups is 3. The van der Waals surface area contributed by atoms with Gasteiger partial charge in [-0.15, -0.1) is 0 Å². The largest absolute Gasteiger partial charge is 0.472 e. The zero-order valence-corrected chi connectivity index (χ0v) is 58.4. The third-order valence-electron chi connectivity index (χ3n) is 16.3. The van der Waals surface area contributed by atoms with Gasteiger partial charge in [0.2, 0.25) is 0 Å². The maximum absolute atomic E-state index is 14.3. The Labute approximate surface area is 565 Å². The molecule has 10 unspecified atom stereocenters. The smallest absolute Gasteiger partial charge is 0.465 e. The summed E-state index contributed by atoms with van der Waals surface area (Å²) in [6.07, 6.45) is 5.55. The van der Waals surface area contributed by atoms with Gasteiger partial charge >= 0.3 is 36.2 Å². The topological polar surface area (TPSA) is 536 Å². The quantitative estimate of drug-likeness (QED) is 0.0130. The van der Waals surface area contributed by atoms with Crippen LogP contribution in [-0.4, -0.2) is 209 Å². The van der Waals surface area contributed by atoms with Crippen molar-refractivity contribution in [3.05, 3.63) is 38.0 Å². The molecule has 12 N–H and O–H groups in total. The summed E-state index contributed by atoms with van der Waals surface area (Å²) in [7, 11) is -13.4. The van der Waals surface area contributed by atoms with Gasteiger partial charge in [0, 0.05) is 26.4 Å². The number of aliphatic hydroxyl groups is 2. The fourth-order valence-electron chi connectivity index (χ4n) is 11.6. The number of nitrogens with zero attached hydrogens (tertiary/aromatic N) is 12. The van der Waals surface area contributed by atoms with Crippen LogP contribution >= 0.6 is 41.6 Å². The van der Waals surface area contributed by atoms with E-state index in [9.17, 15) is 47.7 Å². The summed E-state index contributed by atoms with van der Waals surface area (Å²) >= 11 is 0.472. The van der Waals surface area contributed by atoms with E-state index >= 15 is 0 Å². The molecule has 3 fully saturated rings. The number of hydrogen-bond acceptors (Lipinski definition) is 33. The van der Waals surface area contributed by atoms with Crippen molar-refractivity contribution in [3.8, 4) is 0 Å². The van der Waals surface area contributed by atoms with Crippen molar-refractivity contribution >= 4 is 98.6 Å². The van der Waals surface area contributed by atoms with Crippen LogP contribution in [0.3, 0.4) is 0 Å². The Morgan fingerprint density at radius 1 is 0.510 bits per heavy atom. The lowest BCUT2D eigenvalue weighted by Gasteiger charge is -2.26. The standard InChI is InChI=1S/C54H85N15O24P4S/c1-4-5-6-7-8-9-10-11-12-13-14-15-16-17-18-19-36(71)83-22-23-98-97(79,80)93-45-42(82-3)35(90-54(45)69-32-66-39-48(57)60-29-63-51(39)69)26-87-95(75,76)91-43-40(72)33(88-52(43)67-30-64-37-46(55)58-27-61-49(37)67)24-86-96(77,78)92-44-41(81-2)34(25-85-94(73,74)84-21-20-70)89-53(44)68-31-65-38-47(56)59-28-62-50(38)68/h27-35,40-45,52-54,70,72H,4-26H2,1-3H3,(H,73,74)(H,75,76)(H,77,78)(H,79,80)(H2,55,58,61)(H2,56,59,62)(H2,57,60,63)/t33-,34-,35-,40?,41?,42?,43?,44?,45?,52-,53-,54-/m1/s1. The highest BCUT2D eigenvalue weighted by Gasteiger charge is 2.55. The van der Waals surface area contributed by atoms with Crippen molar-refractivity contribution in [3.63, 3.8) is 0 Å². The van der Waals surface area contributed by atoms with Crippen LogP contribution in [-0.2, 0) is 83.1 Å². The van der Waals surface area contributed by atoms with Gasteiger partial charge in [-0.2, -0.15) is 0 Å². The van der Waals surface area contributed by atoms with Gasteiger partial charge in [0.15, 0.2) is 53.1 Å². The summed E-state index contributed by atoms with van der Waals surface area (Å²) in [6, 6.07) is 0. The van der Waals surface area contributed by atoms with Crippen LogP contribution in [0.4, 0.5) is 17.5 Å². The van der Waals surface area contributed by atoms with Crippen LogP contribution in [0.1, 0.15) is 128 Å². The molecule has 6 aromatic heterocycles. The fraction of sp³-hybridized carbons (Fsp3) is 0.704. The third-order valence-corrected chi connectivity index (χ3v) is 22.2. The molecule has 98 heavy (non-hydrogen) atoms. The number of anilines is 3. The van der Waals surface area contributed by atoms with Crippen LogP contribution in [0.2, 0.25) is 0 Å². The Bertz CT molecular complexity index is 3760. The monoisotopic (exact) mass is 1480 g/mol. The van der Waals surface area contributed by atoms with E-state index in [1.165, 1.54) is 93.1 Å². The normalized spacial score (nSPS) is 26.1. The molecule has 9 rings (SSSR count). The van der Waals surface area contributed by atoms with Gasteiger partial charge in [-0.05, 0) is 17.8 Å². The van der Waals surface area contributed by atoms with E-state index in [4.69, 9.17) is 82.4 Å². The Hall–Kier alpha value is -4.93. The number of phosphoric ester groups is 3. The first-order valence-corrected chi connectivity index (χ1v) is 39.5. The first kappa shape index (κ1) is 77.2. The maximum atomic E-state index is 14.3. The zero-order chi connectivity index (χ0) is 70.2. The van der Waals surface area contributed by atoms with Crippen molar-refractivity contribution in [1.29, 1.82) is 0 Å². The van der Waals surface area contributed by atoms with Gasteiger partial charge in [-0.1, -0.05) is 96.8 Å². The number of carbonyl (C=O) groups is 1. The molecule has 3 saturated heterocycles. The second kappa shape index (κ2) is 35.8. The number of nitrogen functional groups attached to an aromatic ring is 3. The van der Waals surface area contributed by atoms with E-state index < -0.39 is 143 Å². The summed E-state index contributed by atoms with van der Waals surface area (Å²) in [5, 5.41) is 21.1. The summed E-state index contributed by atoms with van der Waals surface area (Å²) in [6.45, 7) is -6.56. The highest BCUT2D eigenvalue weighted by atomic mass is 32.7. The van der Waals surface area contributed by atoms with Gasteiger partial charge in [-0.3, -0.25) is 50.2 Å². The van der Waals surface area contributed by atoms with E-state index in [0.29, 0.717) is 17.8 Å². The van der Waals surface area contributed by atoms with Crippen molar-refractivity contribution in [1.82, 2.24) is 58.6 Å². The lowest BCUT2D eigenvalue weighted by molar-refractivity contribution is -0.143. The van der Waals surface area contributed by atoms with Crippen LogP contribution in [0.5, 0.6) is 0 Å². The lowest BCUT2D eigenvalue weighted by Crippen LogP contribution is -2.38. The van der Waals surface area contributed by atoms with Crippen molar-refractivity contribution in [2.24, 2.45) is 0 Å². The average Bonchev–Trinajstić information content (AvgIpc) is 1.62. The number of carbonyl (C=O) groups excluding carboxylic acids is 1. The van der Waals surface area contributed by atoms with Crippen LogP contribution in [0.15, 0.2) is 38.0 Å². The number of aromatic nitrogens is 12. The second-order valence-corrected chi connectivity index (χ2v) is 31.4. The molecule has 0 aromatic carbocycles. The molecule has 9 heterocycles. The lowest BCUT2D eigenvalue weighted by atomic mass is 10.0. The molecule has 39 nitrogen and oxygen atoms in total. The molecule has 44 heteroatoms. The number of aliphatic hydroxyl groups excluding tert-OH is 2. The number of fused-ring (bicyclic) bond motifs is 3. The molecular weight excluding hydrogens is 1400 g/mol. The molecule has 0 radical (unpaired) electrons. The minimum atomic E-state index is -5.50. The maximum Gasteiger partial charge on any atom is 0.472 e. The first-order valence-electron chi connectivity index (χ1n) is 31.8. The predicted octanol–water partition coefficient (Wildman–Crippen LogP) is 5.49. The molecule has 3 aliphatic rings. The summed E-state index contributed by atoms with van der Waals surface area (Å²) in [5.74, 6) is -0.772. The third kappa shape index (κ3) is 20.2. The van der Waals surface area contributed by atoms with Gasteiger partial charge < -0.3 is 75.4 Å². The molecular formula is C54H85N15O24P4S. The van der Waals surface area contributed by atoms with Crippen LogP contribution < -0.4 is 17.2 Å². The van der Waals surface area contributed by atoms with E-state index in [1.807, 2.05) is 0 Å². The number of rotatable bonds is 43. The number of ether oxygens (including phenoxy) is 6. The highest BCUT2D eigenvalue weighted by Crippen LogP contribution is 2.60. The predicted molar refractivity (Wildman–Crippen MR) is 346 cm³/mol. The molecule has 0 saturated carbocycles. The van der Waals surface area contributed by atoms with Crippen molar-refractivity contribution in [2.45, 2.75) is 183 Å². The van der Waals surface area contributed by atoms with Crippen LogP contribution in [0.25, 0.3) is 33.5 Å². The molecule has 0 bridgehead atoms.